The van der Waals surface area contributed by atoms with Crippen LogP contribution in [0.2, 0.25) is 10.0 Å². The van der Waals surface area contributed by atoms with Gasteiger partial charge in [0.25, 0.3) is 5.91 Å². The smallest absolute Gasteiger partial charge is 0.264 e. The zero-order valence-corrected chi connectivity index (χ0v) is 22.4. The number of carbonyl (C=O) groups is 1. The van der Waals surface area contributed by atoms with E-state index in [0.29, 0.717) is 60.0 Å². The van der Waals surface area contributed by atoms with E-state index in [2.05, 4.69) is 6.07 Å². The van der Waals surface area contributed by atoms with Crippen molar-refractivity contribution in [3.63, 3.8) is 0 Å². The lowest BCUT2D eigenvalue weighted by Crippen LogP contribution is -2.41. The molecule has 1 aliphatic heterocycles. The quantitative estimate of drug-likeness (QED) is 0.199. The fourth-order valence-corrected chi connectivity index (χ4v) is 4.64. The third kappa shape index (κ3) is 6.32. The standard InChI is InChI=1S/C30H24Cl2N4O3/c31-25-9-6-22(28(32)17-25)20-39-27-10-7-21(8-11-27)29-24(19-36(34-29)26-4-2-1-3-5-26)16-23(18-33)30(37)35-12-14-38-15-13-35/h1-11,16-17,19H,12-15,20H2/b23-16+. The molecule has 3 aromatic carbocycles. The number of morpholine rings is 1. The normalized spacial score (nSPS) is 13.7. The number of hydrogen-bond donors (Lipinski definition) is 0. The van der Waals surface area contributed by atoms with Gasteiger partial charge in [0.1, 0.15) is 24.0 Å². The number of halogens is 2. The first-order valence-electron chi connectivity index (χ1n) is 12.3. The zero-order valence-electron chi connectivity index (χ0n) is 20.9. The van der Waals surface area contributed by atoms with Gasteiger partial charge < -0.3 is 14.4 Å². The molecular weight excluding hydrogens is 535 g/mol. The van der Waals surface area contributed by atoms with Crippen molar-refractivity contribution < 1.29 is 14.3 Å². The lowest BCUT2D eigenvalue weighted by molar-refractivity contribution is -0.130. The summed E-state index contributed by atoms with van der Waals surface area (Å²) >= 11 is 12.2. The van der Waals surface area contributed by atoms with Crippen LogP contribution >= 0.6 is 23.2 Å². The molecule has 1 aliphatic rings. The van der Waals surface area contributed by atoms with Crippen LogP contribution in [0.3, 0.4) is 0 Å². The van der Waals surface area contributed by atoms with Gasteiger partial charge in [-0.2, -0.15) is 10.4 Å². The number of rotatable bonds is 7. The molecule has 1 aromatic heterocycles. The molecule has 0 saturated carbocycles. The number of nitriles is 1. The van der Waals surface area contributed by atoms with Gasteiger partial charge in [-0.1, -0.05) is 47.5 Å². The molecule has 4 aromatic rings. The molecule has 1 amide bonds. The Labute approximate surface area is 236 Å². The van der Waals surface area contributed by atoms with Crippen LogP contribution in [0.1, 0.15) is 11.1 Å². The van der Waals surface area contributed by atoms with Gasteiger partial charge in [-0.05, 0) is 54.6 Å². The first kappa shape index (κ1) is 26.5. The lowest BCUT2D eigenvalue weighted by Gasteiger charge is -2.26. The maximum Gasteiger partial charge on any atom is 0.264 e. The molecule has 2 heterocycles. The third-order valence-corrected chi connectivity index (χ3v) is 6.84. The van der Waals surface area contributed by atoms with Gasteiger partial charge in [0.05, 0.1) is 24.6 Å². The molecule has 5 rings (SSSR count). The van der Waals surface area contributed by atoms with Gasteiger partial charge in [0.2, 0.25) is 0 Å². The highest BCUT2D eigenvalue weighted by Crippen LogP contribution is 2.29. The summed E-state index contributed by atoms with van der Waals surface area (Å²) in [4.78, 5) is 14.7. The van der Waals surface area contributed by atoms with Gasteiger partial charge in [-0.3, -0.25) is 4.79 Å². The number of benzene rings is 3. The Morgan fingerprint density at radius 2 is 1.79 bits per heavy atom. The molecule has 1 fully saturated rings. The lowest BCUT2D eigenvalue weighted by atomic mass is 10.1. The number of carbonyl (C=O) groups excluding carboxylic acids is 1. The van der Waals surface area contributed by atoms with Crippen molar-refractivity contribution in [3.8, 4) is 28.8 Å². The molecule has 0 bridgehead atoms. The molecule has 0 atom stereocenters. The summed E-state index contributed by atoms with van der Waals surface area (Å²) in [7, 11) is 0. The summed E-state index contributed by atoms with van der Waals surface area (Å²) < 4.78 is 13.0. The van der Waals surface area contributed by atoms with Crippen LogP contribution in [0.15, 0.2) is 84.6 Å². The SMILES string of the molecule is N#C/C(=C\c1cn(-c2ccccc2)nc1-c1ccc(OCc2ccc(Cl)cc2Cl)cc1)C(=O)N1CCOCC1. The van der Waals surface area contributed by atoms with E-state index in [9.17, 15) is 10.1 Å². The van der Waals surface area contributed by atoms with Crippen molar-refractivity contribution in [1.82, 2.24) is 14.7 Å². The van der Waals surface area contributed by atoms with Crippen molar-refractivity contribution in [2.45, 2.75) is 6.61 Å². The van der Waals surface area contributed by atoms with Gasteiger partial charge in [0.15, 0.2) is 0 Å². The van der Waals surface area contributed by atoms with Gasteiger partial charge in [-0.25, -0.2) is 4.68 Å². The monoisotopic (exact) mass is 558 g/mol. The summed E-state index contributed by atoms with van der Waals surface area (Å²) in [5.41, 5.74) is 3.83. The molecule has 0 unspecified atom stereocenters. The van der Waals surface area contributed by atoms with Crippen LogP contribution in [0.4, 0.5) is 0 Å². The fraction of sp³-hybridized carbons (Fsp3) is 0.167. The van der Waals surface area contributed by atoms with Crippen LogP contribution in [0.25, 0.3) is 23.0 Å². The molecule has 196 valence electrons. The van der Waals surface area contributed by atoms with Crippen molar-refractivity contribution >= 4 is 35.2 Å². The largest absolute Gasteiger partial charge is 0.489 e. The highest BCUT2D eigenvalue weighted by molar-refractivity contribution is 6.35. The third-order valence-electron chi connectivity index (χ3n) is 6.25. The predicted octanol–water partition coefficient (Wildman–Crippen LogP) is 6.19. The highest BCUT2D eigenvalue weighted by atomic mass is 35.5. The zero-order chi connectivity index (χ0) is 27.2. The summed E-state index contributed by atoms with van der Waals surface area (Å²) in [5.74, 6) is 0.341. The van der Waals surface area contributed by atoms with Crippen LogP contribution in [-0.2, 0) is 16.1 Å². The van der Waals surface area contributed by atoms with E-state index in [-0.39, 0.29) is 11.5 Å². The van der Waals surface area contributed by atoms with Gasteiger partial charge >= 0.3 is 0 Å². The van der Waals surface area contributed by atoms with E-state index in [1.54, 1.807) is 27.8 Å². The number of amides is 1. The average Bonchev–Trinajstić information content (AvgIpc) is 3.40. The Morgan fingerprint density at radius 1 is 1.05 bits per heavy atom. The minimum absolute atomic E-state index is 0.0468. The maximum absolute atomic E-state index is 13.1. The van der Waals surface area contributed by atoms with Crippen molar-refractivity contribution in [2.24, 2.45) is 0 Å². The van der Waals surface area contributed by atoms with E-state index in [4.69, 9.17) is 37.8 Å². The van der Waals surface area contributed by atoms with Crippen LogP contribution < -0.4 is 4.74 Å². The number of aromatic nitrogens is 2. The van der Waals surface area contributed by atoms with E-state index < -0.39 is 0 Å². The Hall–Kier alpha value is -4.09. The Morgan fingerprint density at radius 3 is 2.49 bits per heavy atom. The second-order valence-electron chi connectivity index (χ2n) is 8.84. The molecule has 0 radical (unpaired) electrons. The van der Waals surface area contributed by atoms with Gasteiger partial charge in [0, 0.05) is 46.0 Å². The van der Waals surface area contributed by atoms with E-state index >= 15 is 0 Å². The summed E-state index contributed by atoms with van der Waals surface area (Å²) in [6, 6.07) is 24.5. The highest BCUT2D eigenvalue weighted by Gasteiger charge is 2.22. The molecule has 0 aliphatic carbocycles. The van der Waals surface area contributed by atoms with E-state index in [1.807, 2.05) is 66.9 Å². The van der Waals surface area contributed by atoms with Crippen LogP contribution in [-0.4, -0.2) is 46.9 Å². The van der Waals surface area contributed by atoms with E-state index in [0.717, 1.165) is 16.8 Å². The van der Waals surface area contributed by atoms with Crippen LogP contribution in [0.5, 0.6) is 5.75 Å². The van der Waals surface area contributed by atoms with Gasteiger partial charge in [-0.15, -0.1) is 0 Å². The molecule has 0 spiro atoms. The van der Waals surface area contributed by atoms with E-state index in [1.165, 1.54) is 0 Å². The molecule has 7 nitrogen and oxygen atoms in total. The minimum atomic E-state index is -0.316. The molecular formula is C30H24Cl2N4O3. The Bertz CT molecular complexity index is 1540. The average molecular weight is 559 g/mol. The summed E-state index contributed by atoms with van der Waals surface area (Å²) in [6.45, 7) is 2.12. The Balaban J connectivity index is 1.44. The molecule has 9 heteroatoms. The second kappa shape index (κ2) is 12.2. The number of hydrogen-bond acceptors (Lipinski definition) is 5. The van der Waals surface area contributed by atoms with Crippen molar-refractivity contribution in [1.29, 1.82) is 5.26 Å². The van der Waals surface area contributed by atoms with Crippen molar-refractivity contribution in [2.75, 3.05) is 26.3 Å². The Kier molecular flexibility index (Phi) is 8.28. The number of nitrogens with zero attached hydrogens (tertiary/aromatic N) is 4. The molecule has 0 N–H and O–H groups in total. The second-order valence-corrected chi connectivity index (χ2v) is 9.68. The minimum Gasteiger partial charge on any atom is -0.489 e. The van der Waals surface area contributed by atoms with Crippen LogP contribution in [0, 0.1) is 11.3 Å². The maximum atomic E-state index is 13.1. The topological polar surface area (TPSA) is 80.4 Å². The van der Waals surface area contributed by atoms with Crippen molar-refractivity contribution in [3.05, 3.63) is 106 Å². The molecule has 39 heavy (non-hydrogen) atoms. The fourth-order valence-electron chi connectivity index (χ4n) is 4.17. The predicted molar refractivity (Wildman–Crippen MR) is 151 cm³/mol. The number of ether oxygens (including phenoxy) is 2. The summed E-state index contributed by atoms with van der Waals surface area (Å²) in [6.07, 6.45) is 3.42. The molecule has 1 saturated heterocycles. The first-order valence-corrected chi connectivity index (χ1v) is 13.1. The first-order chi connectivity index (χ1) is 19.0. The summed E-state index contributed by atoms with van der Waals surface area (Å²) in [5, 5.41) is 15.8. The number of para-hydroxylation sites is 1.